The third-order valence-corrected chi connectivity index (χ3v) is 9.19. The second kappa shape index (κ2) is 2.45. The number of hydrogen-bond acceptors (Lipinski definition) is 2. The van der Waals surface area contributed by atoms with Crippen molar-refractivity contribution in [1.29, 1.82) is 0 Å². The van der Waals surface area contributed by atoms with Crippen molar-refractivity contribution >= 4 is 28.7 Å². The summed E-state index contributed by atoms with van der Waals surface area (Å²) < 4.78 is 14.3. The van der Waals surface area contributed by atoms with Crippen molar-refractivity contribution < 1.29 is 4.12 Å². The van der Waals surface area contributed by atoms with Gasteiger partial charge < -0.3 is 8.50 Å². The Labute approximate surface area is 67.9 Å². The van der Waals surface area contributed by atoms with Gasteiger partial charge in [-0.15, -0.1) is 0 Å². The first-order valence-corrected chi connectivity index (χ1v) is 9.66. The minimum absolute atomic E-state index is 1.36. The standard InChI is InChI=1S/C4H12N2OSSi2/c1-9(2)5-8-6-10(3,4)7-9/h1-4H3. The van der Waals surface area contributed by atoms with Crippen LogP contribution in [0.25, 0.3) is 4.39 Å². The van der Waals surface area contributed by atoms with E-state index >= 15 is 0 Å². The second-order valence-corrected chi connectivity index (χ2v) is 11.5. The minimum Gasteiger partial charge on any atom is -0.451 e. The molecule has 0 N–H and O–H groups in total. The van der Waals surface area contributed by atoms with Crippen LogP contribution in [-0.2, 0) is 15.9 Å². The van der Waals surface area contributed by atoms with Crippen LogP contribution in [0.15, 0.2) is 4.03 Å². The predicted molar refractivity (Wildman–Crippen MR) is 49.2 cm³/mol. The number of rotatable bonds is 0. The average Bonchev–Trinajstić information content (AvgIpc) is 1.56. The molecule has 0 saturated carbocycles. The number of nitrogens with zero attached hydrogens (tertiary/aromatic N) is 2. The molecule has 0 spiro atoms. The highest BCUT2D eigenvalue weighted by Gasteiger charge is 2.36. The normalized spacial score (nSPS) is 28.4. The Morgan fingerprint density at radius 3 is 2.20 bits per heavy atom. The van der Waals surface area contributed by atoms with Crippen molar-refractivity contribution in [2.24, 2.45) is 4.03 Å². The summed E-state index contributed by atoms with van der Waals surface area (Å²) in [7, 11) is -3.34. The quantitative estimate of drug-likeness (QED) is 0.328. The molecule has 0 aromatic heterocycles. The fourth-order valence-electron chi connectivity index (χ4n) is 0.866. The molecule has 58 valence electrons. The Kier molecular flexibility index (Phi) is 2.08. The molecule has 0 unspecified atom stereocenters. The van der Waals surface area contributed by atoms with E-state index in [9.17, 15) is 0 Å². The van der Waals surface area contributed by atoms with E-state index in [4.69, 9.17) is 4.12 Å². The zero-order chi connectivity index (χ0) is 7.83. The summed E-state index contributed by atoms with van der Waals surface area (Å²) in [4.78, 5) is 0. The Morgan fingerprint density at radius 1 is 1.30 bits per heavy atom. The van der Waals surface area contributed by atoms with Crippen LogP contribution in [-0.4, -0.2) is 17.0 Å². The lowest BCUT2D eigenvalue weighted by molar-refractivity contribution is 0.556. The molecule has 0 atom stereocenters. The van der Waals surface area contributed by atoms with Crippen molar-refractivity contribution in [3.05, 3.63) is 4.39 Å². The van der Waals surface area contributed by atoms with Gasteiger partial charge in [0.05, 0.1) is 0 Å². The summed E-state index contributed by atoms with van der Waals surface area (Å²) in [5.74, 6) is 0. The highest BCUT2D eigenvalue weighted by Crippen LogP contribution is 2.24. The lowest BCUT2D eigenvalue weighted by Crippen LogP contribution is -2.45. The zero-order valence-electron chi connectivity index (χ0n) is 6.71. The van der Waals surface area contributed by atoms with Gasteiger partial charge in [-0.2, -0.15) is 0 Å². The third kappa shape index (κ3) is 2.20. The van der Waals surface area contributed by atoms with Gasteiger partial charge in [-0.1, -0.05) is 17.1 Å². The van der Waals surface area contributed by atoms with Crippen LogP contribution >= 0.6 is 0 Å². The number of hydrogen-bond donors (Lipinski definition) is 0. The minimum atomic E-state index is -1.67. The summed E-state index contributed by atoms with van der Waals surface area (Å²) in [5.41, 5.74) is 0. The molecule has 1 aliphatic heterocycles. The molecule has 0 radical (unpaired) electrons. The first-order valence-electron chi connectivity index (χ1n) is 3.22. The smallest absolute Gasteiger partial charge is 0.375 e. The first kappa shape index (κ1) is 8.47. The van der Waals surface area contributed by atoms with Crippen LogP contribution in [0, 0.1) is 0 Å². The molecule has 0 fully saturated rings. The van der Waals surface area contributed by atoms with Crippen LogP contribution in [0.2, 0.25) is 26.2 Å². The van der Waals surface area contributed by atoms with E-state index in [0.29, 0.717) is 0 Å². The van der Waals surface area contributed by atoms with Gasteiger partial charge in [0, 0.05) is 0 Å². The summed E-state index contributed by atoms with van der Waals surface area (Å²) in [6.45, 7) is 8.40. The largest absolute Gasteiger partial charge is 0.451 e. The fourth-order valence-corrected chi connectivity index (χ4v) is 8.83. The van der Waals surface area contributed by atoms with E-state index in [0.717, 1.165) is 0 Å². The maximum atomic E-state index is 5.78. The highest BCUT2D eigenvalue weighted by molar-refractivity contribution is 7.75. The topological polar surface area (TPSA) is 35.7 Å². The molecule has 0 saturated heterocycles. The van der Waals surface area contributed by atoms with Gasteiger partial charge in [0.25, 0.3) is 0 Å². The van der Waals surface area contributed by atoms with E-state index in [1.54, 1.807) is 0 Å². The van der Waals surface area contributed by atoms with Crippen molar-refractivity contribution in [3.8, 4) is 0 Å². The molecular formula is C4H12N2OSSi2. The van der Waals surface area contributed by atoms with Gasteiger partial charge in [-0.25, -0.2) is 0 Å². The predicted octanol–water partition coefficient (Wildman–Crippen LogP) is 1.98. The van der Waals surface area contributed by atoms with Crippen molar-refractivity contribution in [3.63, 3.8) is 0 Å². The van der Waals surface area contributed by atoms with Crippen LogP contribution in [0.1, 0.15) is 0 Å². The SMILES string of the molecule is C[Si]1(C)N=[S+][N-][Si](C)(C)O1. The molecule has 0 aliphatic carbocycles. The fraction of sp³-hybridized carbons (Fsp3) is 1.00. The van der Waals surface area contributed by atoms with Crippen LogP contribution < -0.4 is 0 Å². The van der Waals surface area contributed by atoms with E-state index in [1.165, 1.54) is 11.7 Å². The Morgan fingerprint density at radius 2 is 1.90 bits per heavy atom. The molecule has 0 aromatic rings. The van der Waals surface area contributed by atoms with E-state index < -0.39 is 17.0 Å². The highest BCUT2D eigenvalue weighted by atomic mass is 32.2. The van der Waals surface area contributed by atoms with E-state index in [-0.39, 0.29) is 0 Å². The molecule has 1 rings (SSSR count). The first-order chi connectivity index (χ1) is 4.41. The maximum Gasteiger partial charge on any atom is 0.375 e. The lowest BCUT2D eigenvalue weighted by Gasteiger charge is -2.35. The van der Waals surface area contributed by atoms with E-state index in [1.807, 2.05) is 0 Å². The third-order valence-electron chi connectivity index (χ3n) is 1.02. The summed E-state index contributed by atoms with van der Waals surface area (Å²) in [6.07, 6.45) is 0. The zero-order valence-corrected chi connectivity index (χ0v) is 9.53. The van der Waals surface area contributed by atoms with Crippen molar-refractivity contribution in [2.75, 3.05) is 0 Å². The molecule has 10 heavy (non-hydrogen) atoms. The van der Waals surface area contributed by atoms with Gasteiger partial charge >= 0.3 is 8.48 Å². The lowest BCUT2D eigenvalue weighted by atomic mass is 11.9. The summed E-state index contributed by atoms with van der Waals surface area (Å²) in [5, 5.41) is 0. The van der Waals surface area contributed by atoms with Gasteiger partial charge in [0.1, 0.15) is 8.48 Å². The van der Waals surface area contributed by atoms with Crippen LogP contribution in [0.5, 0.6) is 0 Å². The molecule has 3 nitrogen and oxygen atoms in total. The summed E-state index contributed by atoms with van der Waals surface area (Å²) in [6, 6.07) is 0. The Balaban J connectivity index is 2.73. The Bertz CT molecular complexity index is 171. The average molecular weight is 192 g/mol. The molecule has 1 heterocycles. The van der Waals surface area contributed by atoms with Gasteiger partial charge in [0.2, 0.25) is 11.7 Å². The monoisotopic (exact) mass is 192 g/mol. The van der Waals surface area contributed by atoms with Crippen LogP contribution in [0.3, 0.4) is 0 Å². The Hall–Kier alpha value is 0.374. The molecule has 0 amide bonds. The van der Waals surface area contributed by atoms with Crippen LogP contribution in [0.4, 0.5) is 0 Å². The van der Waals surface area contributed by atoms with E-state index in [2.05, 4.69) is 34.6 Å². The summed E-state index contributed by atoms with van der Waals surface area (Å²) >= 11 is 1.36. The molecule has 6 heteroatoms. The second-order valence-electron chi connectivity index (χ2n) is 3.26. The van der Waals surface area contributed by atoms with Gasteiger partial charge in [0.15, 0.2) is 0 Å². The maximum absolute atomic E-state index is 5.78. The van der Waals surface area contributed by atoms with Crippen molar-refractivity contribution in [2.45, 2.75) is 26.2 Å². The van der Waals surface area contributed by atoms with Crippen molar-refractivity contribution in [1.82, 2.24) is 0 Å². The molecule has 0 bridgehead atoms. The van der Waals surface area contributed by atoms with Gasteiger partial charge in [-0.3, -0.25) is 0 Å². The van der Waals surface area contributed by atoms with Gasteiger partial charge in [-0.05, 0) is 13.1 Å². The molecular weight excluding hydrogens is 180 g/mol. The molecule has 0 aromatic carbocycles. The molecule has 1 aliphatic rings.